The van der Waals surface area contributed by atoms with Gasteiger partial charge >= 0.3 is 5.97 Å². The Kier molecular flexibility index (Phi) is 7.46. The maximum absolute atomic E-state index is 13.1. The number of esters is 1. The van der Waals surface area contributed by atoms with Gasteiger partial charge in [0.05, 0.1) is 24.5 Å². The van der Waals surface area contributed by atoms with Crippen LogP contribution in [0.15, 0.2) is 53.4 Å². The van der Waals surface area contributed by atoms with Gasteiger partial charge in [-0.1, -0.05) is 42.8 Å². The van der Waals surface area contributed by atoms with Gasteiger partial charge in [-0.25, -0.2) is 8.42 Å². The maximum atomic E-state index is 13.1. The molecule has 0 radical (unpaired) electrons. The lowest BCUT2D eigenvalue weighted by atomic mass is 10.0. The van der Waals surface area contributed by atoms with Crippen molar-refractivity contribution in [2.75, 3.05) is 20.2 Å². The first kappa shape index (κ1) is 23.0. The molecule has 1 amide bonds. The van der Waals surface area contributed by atoms with E-state index in [2.05, 4.69) is 5.32 Å². The minimum Gasteiger partial charge on any atom is -0.469 e. The average Bonchev–Trinajstić information content (AvgIpc) is 2.79. The first-order valence-corrected chi connectivity index (χ1v) is 11.8. The number of nitrogens with one attached hydrogen (secondary N) is 1. The van der Waals surface area contributed by atoms with Crippen LogP contribution in [0, 0.1) is 6.92 Å². The van der Waals surface area contributed by atoms with Gasteiger partial charge in [0.25, 0.3) is 5.91 Å². The van der Waals surface area contributed by atoms with Crippen LogP contribution in [0.4, 0.5) is 0 Å². The standard InChI is InChI=1S/C23H28N2O5S/c1-17-11-12-19(31(28,29)25-13-7-4-8-14-25)15-20(17)23(27)24-21(16-22(26)30-2)18-9-5-3-6-10-18/h3,5-6,9-12,15,21H,4,7-8,13-14,16H2,1-2H3,(H,24,27). The molecule has 2 aromatic carbocycles. The van der Waals surface area contributed by atoms with Crippen LogP contribution < -0.4 is 5.32 Å². The third kappa shape index (κ3) is 5.51. The Morgan fingerprint density at radius 1 is 1.06 bits per heavy atom. The Morgan fingerprint density at radius 3 is 2.39 bits per heavy atom. The van der Waals surface area contributed by atoms with E-state index in [1.54, 1.807) is 19.1 Å². The molecule has 0 saturated carbocycles. The summed E-state index contributed by atoms with van der Waals surface area (Å²) < 4.78 is 32.3. The van der Waals surface area contributed by atoms with E-state index in [1.165, 1.54) is 17.5 Å². The average molecular weight is 445 g/mol. The summed E-state index contributed by atoms with van der Waals surface area (Å²) in [5.74, 6) is -0.891. The second-order valence-electron chi connectivity index (χ2n) is 7.66. The number of piperidine rings is 1. The first-order valence-electron chi connectivity index (χ1n) is 10.4. The summed E-state index contributed by atoms with van der Waals surface area (Å²) in [7, 11) is -2.36. The Labute approximate surface area is 183 Å². The van der Waals surface area contributed by atoms with Crippen LogP contribution in [-0.4, -0.2) is 44.8 Å². The summed E-state index contributed by atoms with van der Waals surface area (Å²) in [5.41, 5.74) is 1.68. The van der Waals surface area contributed by atoms with E-state index in [-0.39, 0.29) is 16.9 Å². The van der Waals surface area contributed by atoms with Crippen molar-refractivity contribution in [3.05, 3.63) is 65.2 Å². The van der Waals surface area contributed by atoms with Gasteiger partial charge in [-0.05, 0) is 43.0 Å². The van der Waals surface area contributed by atoms with Crippen molar-refractivity contribution in [2.45, 2.75) is 43.5 Å². The molecule has 8 heteroatoms. The molecule has 1 atom stereocenters. The van der Waals surface area contributed by atoms with E-state index in [9.17, 15) is 18.0 Å². The monoisotopic (exact) mass is 444 g/mol. The molecule has 0 aromatic heterocycles. The third-order valence-electron chi connectivity index (χ3n) is 5.51. The van der Waals surface area contributed by atoms with Gasteiger partial charge in [-0.15, -0.1) is 0 Å². The molecule has 1 unspecified atom stereocenters. The molecule has 1 N–H and O–H groups in total. The van der Waals surface area contributed by atoms with Gasteiger partial charge in [0.2, 0.25) is 10.0 Å². The number of benzene rings is 2. The first-order chi connectivity index (χ1) is 14.8. The van der Waals surface area contributed by atoms with Crippen LogP contribution >= 0.6 is 0 Å². The summed E-state index contributed by atoms with van der Waals surface area (Å²) in [6.45, 7) is 2.74. The second kappa shape index (κ2) is 10.1. The van der Waals surface area contributed by atoms with Crippen LogP contribution in [-0.2, 0) is 19.6 Å². The number of carbonyl (C=O) groups excluding carboxylic acids is 2. The highest BCUT2D eigenvalue weighted by Gasteiger charge is 2.28. The van der Waals surface area contributed by atoms with E-state index in [0.29, 0.717) is 18.7 Å². The molecular weight excluding hydrogens is 416 g/mol. The van der Waals surface area contributed by atoms with Gasteiger partial charge < -0.3 is 10.1 Å². The molecule has 1 fully saturated rings. The van der Waals surface area contributed by atoms with Crippen molar-refractivity contribution in [1.29, 1.82) is 0 Å². The number of hydrogen-bond acceptors (Lipinski definition) is 5. The Bertz CT molecular complexity index is 1030. The number of methoxy groups -OCH3 is 1. The number of rotatable bonds is 7. The number of carbonyl (C=O) groups is 2. The van der Waals surface area contributed by atoms with E-state index in [1.807, 2.05) is 30.3 Å². The van der Waals surface area contributed by atoms with E-state index in [4.69, 9.17) is 4.74 Å². The highest BCUT2D eigenvalue weighted by atomic mass is 32.2. The lowest BCUT2D eigenvalue weighted by Crippen LogP contribution is -2.36. The quantitative estimate of drug-likeness (QED) is 0.662. The molecule has 0 aliphatic carbocycles. The molecule has 0 spiro atoms. The number of aryl methyl sites for hydroxylation is 1. The van der Waals surface area contributed by atoms with Gasteiger partial charge in [0, 0.05) is 18.7 Å². The van der Waals surface area contributed by atoms with Crippen LogP contribution in [0.2, 0.25) is 0 Å². The highest BCUT2D eigenvalue weighted by molar-refractivity contribution is 7.89. The smallest absolute Gasteiger partial charge is 0.307 e. The van der Waals surface area contributed by atoms with Crippen molar-refractivity contribution in [1.82, 2.24) is 9.62 Å². The lowest BCUT2D eigenvalue weighted by Gasteiger charge is -2.26. The van der Waals surface area contributed by atoms with Crippen LogP contribution in [0.1, 0.15) is 53.2 Å². The van der Waals surface area contributed by atoms with Crippen molar-refractivity contribution in [3.8, 4) is 0 Å². The summed E-state index contributed by atoms with van der Waals surface area (Å²) in [6.07, 6.45) is 2.67. The molecule has 0 bridgehead atoms. The molecule has 1 aliphatic rings. The number of sulfonamides is 1. The highest BCUT2D eigenvalue weighted by Crippen LogP contribution is 2.24. The Morgan fingerprint density at radius 2 is 1.74 bits per heavy atom. The van der Waals surface area contributed by atoms with E-state index in [0.717, 1.165) is 24.8 Å². The van der Waals surface area contributed by atoms with Crippen molar-refractivity contribution in [3.63, 3.8) is 0 Å². The molecule has 3 rings (SSSR count). The lowest BCUT2D eigenvalue weighted by molar-refractivity contribution is -0.141. The normalized spacial score (nSPS) is 15.8. The zero-order chi connectivity index (χ0) is 22.4. The molecule has 7 nitrogen and oxygen atoms in total. The fraction of sp³-hybridized carbons (Fsp3) is 0.391. The van der Waals surface area contributed by atoms with Gasteiger partial charge in [0.15, 0.2) is 0 Å². The molecule has 1 aliphatic heterocycles. The van der Waals surface area contributed by atoms with Crippen molar-refractivity contribution < 1.29 is 22.7 Å². The molecule has 1 heterocycles. The largest absolute Gasteiger partial charge is 0.469 e. The van der Waals surface area contributed by atoms with E-state index >= 15 is 0 Å². The van der Waals surface area contributed by atoms with Gasteiger partial charge in [0.1, 0.15) is 0 Å². The zero-order valence-electron chi connectivity index (χ0n) is 17.8. The molecular formula is C23H28N2O5S. The summed E-state index contributed by atoms with van der Waals surface area (Å²) in [6, 6.07) is 13.1. The third-order valence-corrected chi connectivity index (χ3v) is 7.41. The zero-order valence-corrected chi connectivity index (χ0v) is 18.7. The van der Waals surface area contributed by atoms with Crippen LogP contribution in [0.3, 0.4) is 0 Å². The molecule has 166 valence electrons. The second-order valence-corrected chi connectivity index (χ2v) is 9.60. The minimum absolute atomic E-state index is 0.0307. The van der Waals surface area contributed by atoms with E-state index < -0.39 is 27.9 Å². The number of nitrogens with zero attached hydrogens (tertiary/aromatic N) is 1. The predicted molar refractivity (Wildman–Crippen MR) is 117 cm³/mol. The summed E-state index contributed by atoms with van der Waals surface area (Å²) in [4.78, 5) is 25.1. The topological polar surface area (TPSA) is 92.8 Å². The van der Waals surface area contributed by atoms with Crippen molar-refractivity contribution in [2.24, 2.45) is 0 Å². The number of ether oxygens (including phenoxy) is 1. The van der Waals surface area contributed by atoms with Crippen molar-refractivity contribution >= 4 is 21.9 Å². The Balaban J connectivity index is 1.87. The fourth-order valence-corrected chi connectivity index (χ4v) is 5.23. The van der Waals surface area contributed by atoms with Crippen LogP contribution in [0.25, 0.3) is 0 Å². The van der Waals surface area contributed by atoms with Crippen LogP contribution in [0.5, 0.6) is 0 Å². The number of amides is 1. The SMILES string of the molecule is COC(=O)CC(NC(=O)c1cc(S(=O)(=O)N2CCCCC2)ccc1C)c1ccccc1. The molecule has 31 heavy (non-hydrogen) atoms. The minimum atomic E-state index is -3.66. The van der Waals surface area contributed by atoms with Gasteiger partial charge in [-0.3, -0.25) is 9.59 Å². The van der Waals surface area contributed by atoms with Gasteiger partial charge in [-0.2, -0.15) is 4.31 Å². The Hall–Kier alpha value is -2.71. The summed E-state index contributed by atoms with van der Waals surface area (Å²) in [5, 5.41) is 2.87. The molecule has 2 aromatic rings. The predicted octanol–water partition coefficient (Wildman–Crippen LogP) is 3.20. The maximum Gasteiger partial charge on any atom is 0.307 e. The number of hydrogen-bond donors (Lipinski definition) is 1. The fourth-order valence-electron chi connectivity index (χ4n) is 3.68. The summed E-state index contributed by atoms with van der Waals surface area (Å²) >= 11 is 0. The molecule has 1 saturated heterocycles.